The van der Waals surface area contributed by atoms with Crippen molar-refractivity contribution in [3.8, 4) is 0 Å². The first kappa shape index (κ1) is 10.5. The Balaban J connectivity index is 2.98. The van der Waals surface area contributed by atoms with Crippen LogP contribution in [0.25, 0.3) is 0 Å². The maximum Gasteiger partial charge on any atom is 0.204 e. The molecule has 72 valence electrons. The van der Waals surface area contributed by atoms with E-state index >= 15 is 0 Å². The third kappa shape index (κ3) is 2.02. The highest BCUT2D eigenvalue weighted by atomic mass is 79.9. The summed E-state index contributed by atoms with van der Waals surface area (Å²) in [5.74, 6) is 0.471. The van der Waals surface area contributed by atoms with Crippen molar-refractivity contribution in [1.29, 1.82) is 0 Å². The Kier molecular flexibility index (Phi) is 2.96. The summed E-state index contributed by atoms with van der Waals surface area (Å²) in [6.07, 6.45) is 2.32. The molecule has 1 rings (SSSR count). The second-order valence-electron chi connectivity index (χ2n) is 3.66. The maximum absolute atomic E-state index is 11.9. The number of furan rings is 1. The molecular formula is C10H13BrO2. The highest BCUT2D eigenvalue weighted by molar-refractivity contribution is 9.10. The standard InChI is InChI=1S/C10H13BrO2/c1-4-10(2,3)9(12)8-7(11)5-6-13-8/h5-6H,4H2,1-3H3. The largest absolute Gasteiger partial charge is 0.460 e. The van der Waals surface area contributed by atoms with Crippen LogP contribution in [-0.2, 0) is 0 Å². The van der Waals surface area contributed by atoms with Crippen molar-refractivity contribution >= 4 is 21.7 Å². The van der Waals surface area contributed by atoms with Gasteiger partial charge in [-0.3, -0.25) is 4.79 Å². The van der Waals surface area contributed by atoms with Gasteiger partial charge < -0.3 is 4.42 Å². The quantitative estimate of drug-likeness (QED) is 0.760. The lowest BCUT2D eigenvalue weighted by Gasteiger charge is -2.19. The SMILES string of the molecule is CCC(C)(C)C(=O)c1occc1Br. The van der Waals surface area contributed by atoms with Crippen LogP contribution in [0.5, 0.6) is 0 Å². The van der Waals surface area contributed by atoms with E-state index in [0.717, 1.165) is 10.9 Å². The Labute approximate surface area is 86.4 Å². The van der Waals surface area contributed by atoms with Crippen LogP contribution in [-0.4, -0.2) is 5.78 Å². The zero-order chi connectivity index (χ0) is 10.1. The normalized spacial score (nSPS) is 11.7. The fraction of sp³-hybridized carbons (Fsp3) is 0.500. The molecule has 0 spiro atoms. The Morgan fingerprint density at radius 1 is 1.62 bits per heavy atom. The van der Waals surface area contributed by atoms with Crippen molar-refractivity contribution in [3.63, 3.8) is 0 Å². The molecule has 13 heavy (non-hydrogen) atoms. The van der Waals surface area contributed by atoms with Gasteiger partial charge in [-0.05, 0) is 28.4 Å². The molecule has 0 aliphatic carbocycles. The molecular weight excluding hydrogens is 232 g/mol. The summed E-state index contributed by atoms with van der Waals surface area (Å²) < 4.78 is 5.85. The van der Waals surface area contributed by atoms with Crippen LogP contribution in [0.15, 0.2) is 21.2 Å². The highest BCUT2D eigenvalue weighted by Gasteiger charge is 2.30. The molecule has 2 nitrogen and oxygen atoms in total. The van der Waals surface area contributed by atoms with Crippen molar-refractivity contribution in [1.82, 2.24) is 0 Å². The fourth-order valence-corrected chi connectivity index (χ4v) is 1.31. The van der Waals surface area contributed by atoms with Crippen LogP contribution < -0.4 is 0 Å². The predicted octanol–water partition coefficient (Wildman–Crippen LogP) is 3.66. The first-order valence-electron chi connectivity index (χ1n) is 4.27. The monoisotopic (exact) mass is 244 g/mol. The highest BCUT2D eigenvalue weighted by Crippen LogP contribution is 2.29. The van der Waals surface area contributed by atoms with Crippen LogP contribution in [0.2, 0.25) is 0 Å². The number of carbonyl (C=O) groups is 1. The molecule has 0 radical (unpaired) electrons. The number of hydrogen-bond acceptors (Lipinski definition) is 2. The minimum Gasteiger partial charge on any atom is -0.460 e. The minimum absolute atomic E-state index is 0.0480. The van der Waals surface area contributed by atoms with Crippen molar-refractivity contribution in [2.45, 2.75) is 27.2 Å². The van der Waals surface area contributed by atoms with Gasteiger partial charge in [0.2, 0.25) is 5.78 Å². The van der Waals surface area contributed by atoms with Gasteiger partial charge in [0.25, 0.3) is 0 Å². The smallest absolute Gasteiger partial charge is 0.204 e. The second-order valence-corrected chi connectivity index (χ2v) is 4.52. The molecule has 1 heterocycles. The van der Waals surface area contributed by atoms with Crippen LogP contribution in [0.3, 0.4) is 0 Å². The van der Waals surface area contributed by atoms with E-state index in [1.807, 2.05) is 20.8 Å². The van der Waals surface area contributed by atoms with E-state index in [-0.39, 0.29) is 11.2 Å². The number of hydrogen-bond donors (Lipinski definition) is 0. The van der Waals surface area contributed by atoms with Gasteiger partial charge in [0.05, 0.1) is 10.7 Å². The number of rotatable bonds is 3. The molecule has 1 aromatic rings. The lowest BCUT2D eigenvalue weighted by Crippen LogP contribution is -2.23. The third-order valence-corrected chi connectivity index (χ3v) is 2.95. The Morgan fingerprint density at radius 2 is 2.23 bits per heavy atom. The number of carbonyl (C=O) groups excluding carboxylic acids is 1. The summed E-state index contributed by atoms with van der Waals surface area (Å²) in [7, 11) is 0. The molecule has 0 aliphatic heterocycles. The predicted molar refractivity (Wildman–Crippen MR) is 54.8 cm³/mol. The zero-order valence-electron chi connectivity index (χ0n) is 8.06. The fourth-order valence-electron chi connectivity index (χ4n) is 0.924. The summed E-state index contributed by atoms with van der Waals surface area (Å²) in [6.45, 7) is 5.84. The van der Waals surface area contributed by atoms with Gasteiger partial charge in [0.1, 0.15) is 0 Å². The van der Waals surface area contributed by atoms with Crippen molar-refractivity contribution < 1.29 is 9.21 Å². The van der Waals surface area contributed by atoms with E-state index in [9.17, 15) is 4.79 Å². The zero-order valence-corrected chi connectivity index (χ0v) is 9.64. The molecule has 0 aromatic carbocycles. The summed E-state index contributed by atoms with van der Waals surface area (Å²) >= 11 is 3.27. The average molecular weight is 245 g/mol. The lowest BCUT2D eigenvalue weighted by atomic mass is 9.84. The Hall–Kier alpha value is -0.570. The Bertz CT molecular complexity index is 312. The van der Waals surface area contributed by atoms with Crippen molar-refractivity contribution in [3.05, 3.63) is 22.6 Å². The molecule has 0 saturated carbocycles. The van der Waals surface area contributed by atoms with E-state index in [2.05, 4.69) is 15.9 Å². The lowest BCUT2D eigenvalue weighted by molar-refractivity contribution is 0.0801. The number of Topliss-reactive ketones (excluding diaryl/α,β-unsaturated/α-hetero) is 1. The molecule has 0 atom stereocenters. The summed E-state index contributed by atoms with van der Waals surface area (Å²) in [4.78, 5) is 11.9. The van der Waals surface area contributed by atoms with Gasteiger partial charge in [0, 0.05) is 5.41 Å². The van der Waals surface area contributed by atoms with Gasteiger partial charge in [0.15, 0.2) is 5.76 Å². The number of ketones is 1. The second kappa shape index (κ2) is 3.66. The van der Waals surface area contributed by atoms with Crippen molar-refractivity contribution in [2.75, 3.05) is 0 Å². The third-order valence-electron chi connectivity index (χ3n) is 2.32. The van der Waals surface area contributed by atoms with Gasteiger partial charge in [-0.1, -0.05) is 20.8 Å². The minimum atomic E-state index is -0.347. The molecule has 0 unspecified atom stereocenters. The van der Waals surface area contributed by atoms with Crippen LogP contribution in [0.1, 0.15) is 37.7 Å². The molecule has 0 aliphatic rings. The Morgan fingerprint density at radius 3 is 2.62 bits per heavy atom. The topological polar surface area (TPSA) is 30.2 Å². The van der Waals surface area contributed by atoms with Crippen molar-refractivity contribution in [2.24, 2.45) is 5.41 Å². The molecule has 3 heteroatoms. The van der Waals surface area contributed by atoms with Crippen LogP contribution in [0.4, 0.5) is 0 Å². The van der Waals surface area contributed by atoms with E-state index < -0.39 is 0 Å². The van der Waals surface area contributed by atoms with E-state index in [0.29, 0.717) is 5.76 Å². The molecule has 0 bridgehead atoms. The van der Waals surface area contributed by atoms with Gasteiger partial charge in [-0.25, -0.2) is 0 Å². The molecule has 1 aromatic heterocycles. The first-order chi connectivity index (χ1) is 5.99. The van der Waals surface area contributed by atoms with Crippen LogP contribution in [0, 0.1) is 5.41 Å². The first-order valence-corrected chi connectivity index (χ1v) is 5.06. The van der Waals surface area contributed by atoms with E-state index in [1.54, 1.807) is 6.07 Å². The van der Waals surface area contributed by atoms with Gasteiger partial charge in [-0.2, -0.15) is 0 Å². The maximum atomic E-state index is 11.9. The van der Waals surface area contributed by atoms with Gasteiger partial charge >= 0.3 is 0 Å². The van der Waals surface area contributed by atoms with E-state index in [1.165, 1.54) is 6.26 Å². The van der Waals surface area contributed by atoms with Gasteiger partial charge in [-0.15, -0.1) is 0 Å². The summed E-state index contributed by atoms with van der Waals surface area (Å²) in [6, 6.07) is 1.74. The average Bonchev–Trinajstić information content (AvgIpc) is 2.50. The van der Waals surface area contributed by atoms with Crippen LogP contribution >= 0.6 is 15.9 Å². The van der Waals surface area contributed by atoms with E-state index in [4.69, 9.17) is 4.42 Å². The number of halogens is 1. The summed E-state index contributed by atoms with van der Waals surface area (Å²) in [5.41, 5.74) is -0.347. The summed E-state index contributed by atoms with van der Waals surface area (Å²) in [5, 5.41) is 0. The molecule has 0 N–H and O–H groups in total. The molecule has 0 amide bonds. The molecule has 0 saturated heterocycles. The molecule has 0 fully saturated rings.